The molecule has 1 aliphatic carbocycles. The van der Waals surface area contributed by atoms with E-state index in [2.05, 4.69) is 61.4 Å². The maximum absolute atomic E-state index is 5.94. The van der Waals surface area contributed by atoms with Gasteiger partial charge in [0.25, 0.3) is 0 Å². The van der Waals surface area contributed by atoms with Crippen LogP contribution in [0, 0.1) is 18.3 Å². The predicted octanol–water partition coefficient (Wildman–Crippen LogP) is 4.42. The molecule has 1 fully saturated rings. The zero-order valence-electron chi connectivity index (χ0n) is 14.3. The highest BCUT2D eigenvalue weighted by Crippen LogP contribution is 2.61. The third-order valence-corrected chi connectivity index (χ3v) is 6.94. The van der Waals surface area contributed by atoms with Crippen LogP contribution in [-0.2, 0) is 12.0 Å². The first kappa shape index (κ1) is 14.3. The summed E-state index contributed by atoms with van der Waals surface area (Å²) in [5.41, 5.74) is 6.05. The van der Waals surface area contributed by atoms with Crippen LogP contribution < -0.4 is 0 Å². The molecule has 1 nitrogen and oxygen atoms in total. The normalized spacial score (nSPS) is 32.8. The summed E-state index contributed by atoms with van der Waals surface area (Å²) in [6.45, 7) is 4.53. The van der Waals surface area contributed by atoms with E-state index in [-0.39, 0.29) is 5.54 Å². The molecule has 0 amide bonds. The summed E-state index contributed by atoms with van der Waals surface area (Å²) in [6.07, 6.45) is 9.82. The molecule has 0 radical (unpaired) electrons. The van der Waals surface area contributed by atoms with Gasteiger partial charge in [-0.25, -0.2) is 0 Å². The third-order valence-electron chi connectivity index (χ3n) is 6.94. The Bertz CT molecular complexity index is 843. The minimum absolute atomic E-state index is 0.00887. The summed E-state index contributed by atoms with van der Waals surface area (Å²) in [4.78, 5) is 0. The highest BCUT2D eigenvalue weighted by molar-refractivity contribution is 5.51. The fraction of sp³-hybridized carbons (Fsp3) is 0.391. The van der Waals surface area contributed by atoms with Crippen LogP contribution in [0.15, 0.2) is 48.5 Å². The largest absolute Gasteiger partial charge is 0.295 e. The number of nitrogens with zero attached hydrogens (tertiary/aromatic N) is 1. The number of hydrogen-bond donors (Lipinski definition) is 0. The fourth-order valence-electron chi connectivity index (χ4n) is 5.67. The maximum atomic E-state index is 5.94. The Morgan fingerprint density at radius 3 is 2.54 bits per heavy atom. The molecule has 1 saturated carbocycles. The lowest BCUT2D eigenvalue weighted by molar-refractivity contribution is -0.993. The summed E-state index contributed by atoms with van der Waals surface area (Å²) in [5, 5.41) is 0. The Kier molecular flexibility index (Phi) is 2.83. The van der Waals surface area contributed by atoms with Gasteiger partial charge in [-0.2, -0.15) is 0 Å². The first-order valence-corrected chi connectivity index (χ1v) is 9.19. The molecule has 0 saturated heterocycles. The Balaban J connectivity index is 1.83. The molecule has 24 heavy (non-hydrogen) atoms. The second kappa shape index (κ2) is 4.74. The van der Waals surface area contributed by atoms with Gasteiger partial charge < -0.3 is 0 Å². The van der Waals surface area contributed by atoms with Gasteiger partial charge in [0.15, 0.2) is 0 Å². The number of quaternary nitrogens is 1. The van der Waals surface area contributed by atoms with Crippen LogP contribution in [0.25, 0.3) is 0 Å². The molecule has 2 bridgehead atoms. The first-order valence-electron chi connectivity index (χ1n) is 9.19. The predicted molar refractivity (Wildman–Crippen MR) is 97.3 cm³/mol. The molecule has 2 aromatic carbocycles. The van der Waals surface area contributed by atoms with Crippen LogP contribution in [-0.4, -0.2) is 17.6 Å². The van der Waals surface area contributed by atoms with E-state index in [1.54, 1.807) is 0 Å². The molecule has 0 unspecified atom stereocenters. The van der Waals surface area contributed by atoms with Crippen LogP contribution in [0.3, 0.4) is 0 Å². The summed E-state index contributed by atoms with van der Waals surface area (Å²) in [7, 11) is 0. The molecule has 0 spiro atoms. The smallest absolute Gasteiger partial charge is 0.150 e. The molecule has 3 aliphatic rings. The van der Waals surface area contributed by atoms with Crippen LogP contribution >= 0.6 is 0 Å². The van der Waals surface area contributed by atoms with Gasteiger partial charge in [-0.1, -0.05) is 48.5 Å². The number of hydrogen-bond acceptors (Lipinski definition) is 0. The first-order chi connectivity index (χ1) is 11.7. The number of fused-ring (bicyclic) bond motifs is 7. The number of benzene rings is 2. The van der Waals surface area contributed by atoms with Crippen LogP contribution in [0.1, 0.15) is 48.1 Å². The van der Waals surface area contributed by atoms with Crippen molar-refractivity contribution in [3.8, 4) is 12.3 Å². The Morgan fingerprint density at radius 2 is 1.79 bits per heavy atom. The van der Waals surface area contributed by atoms with E-state index in [9.17, 15) is 0 Å². The minimum atomic E-state index is -0.00887. The van der Waals surface area contributed by atoms with Crippen molar-refractivity contribution < 1.29 is 4.48 Å². The van der Waals surface area contributed by atoms with Crippen LogP contribution in [0.4, 0.5) is 0 Å². The van der Waals surface area contributed by atoms with Gasteiger partial charge in [-0.3, -0.25) is 4.48 Å². The Morgan fingerprint density at radius 1 is 1.08 bits per heavy atom. The molecule has 0 N–H and O–H groups in total. The molecule has 5 rings (SSSR count). The van der Waals surface area contributed by atoms with Gasteiger partial charge in [0.2, 0.25) is 0 Å². The molecule has 3 atom stereocenters. The number of rotatable bonds is 3. The lowest BCUT2D eigenvalue weighted by atomic mass is 9.78. The van der Waals surface area contributed by atoms with Crippen molar-refractivity contribution in [2.45, 2.75) is 37.8 Å². The van der Waals surface area contributed by atoms with Crippen LogP contribution in [0.2, 0.25) is 0 Å². The van der Waals surface area contributed by atoms with Gasteiger partial charge in [-0.15, -0.1) is 6.42 Å². The van der Waals surface area contributed by atoms with Crippen molar-refractivity contribution in [2.24, 2.45) is 5.92 Å². The Hall–Kier alpha value is -2.04. The molecule has 120 valence electrons. The van der Waals surface area contributed by atoms with Gasteiger partial charge in [0.1, 0.15) is 18.1 Å². The van der Waals surface area contributed by atoms with E-state index < -0.39 is 0 Å². The average molecular weight is 314 g/mol. The van der Waals surface area contributed by atoms with Crippen molar-refractivity contribution in [3.63, 3.8) is 0 Å². The summed E-state index contributed by atoms with van der Waals surface area (Å²) >= 11 is 0. The number of terminal acetylenes is 1. The van der Waals surface area contributed by atoms with Crippen molar-refractivity contribution >= 4 is 0 Å². The summed E-state index contributed by atoms with van der Waals surface area (Å²) in [5.74, 6) is 3.94. The molecule has 2 aromatic rings. The highest BCUT2D eigenvalue weighted by atomic mass is 15.5. The quantitative estimate of drug-likeness (QED) is 0.581. The molecule has 2 heterocycles. The minimum Gasteiger partial charge on any atom is -0.295 e. The fourth-order valence-corrected chi connectivity index (χ4v) is 5.67. The van der Waals surface area contributed by atoms with Gasteiger partial charge in [-0.05, 0) is 31.2 Å². The SMILES string of the molecule is C#CC[N@@+]1(CC2CC2)[C@@H]2Cc3ccccc3[C@@]1(C)c1ccccc12. The second-order valence-corrected chi connectivity index (χ2v) is 8.06. The van der Waals surface area contributed by atoms with E-state index in [1.807, 2.05) is 0 Å². The summed E-state index contributed by atoms with van der Waals surface area (Å²) < 4.78 is 1.05. The maximum Gasteiger partial charge on any atom is 0.150 e. The monoisotopic (exact) mass is 314 g/mol. The highest BCUT2D eigenvalue weighted by Gasteiger charge is 2.64. The van der Waals surface area contributed by atoms with Gasteiger partial charge in [0.05, 0.1) is 6.54 Å². The van der Waals surface area contributed by atoms with Crippen molar-refractivity contribution in [1.29, 1.82) is 0 Å². The molecular formula is C23H24N+. The van der Waals surface area contributed by atoms with E-state index in [1.165, 1.54) is 41.6 Å². The summed E-state index contributed by atoms with van der Waals surface area (Å²) in [6, 6.07) is 18.7. The van der Waals surface area contributed by atoms with E-state index in [0.717, 1.165) is 23.4 Å². The van der Waals surface area contributed by atoms with Crippen LogP contribution in [0.5, 0.6) is 0 Å². The van der Waals surface area contributed by atoms with E-state index in [0.29, 0.717) is 6.04 Å². The van der Waals surface area contributed by atoms with E-state index in [4.69, 9.17) is 6.42 Å². The molecular weight excluding hydrogens is 290 g/mol. The molecule has 1 heteroatoms. The van der Waals surface area contributed by atoms with E-state index >= 15 is 0 Å². The van der Waals surface area contributed by atoms with Crippen molar-refractivity contribution in [2.75, 3.05) is 13.1 Å². The molecule has 0 aromatic heterocycles. The zero-order valence-corrected chi connectivity index (χ0v) is 14.3. The Labute approximate surface area is 144 Å². The molecule has 2 aliphatic heterocycles. The van der Waals surface area contributed by atoms with Gasteiger partial charge in [0, 0.05) is 29.0 Å². The lowest BCUT2D eigenvalue weighted by Crippen LogP contribution is -2.62. The second-order valence-electron chi connectivity index (χ2n) is 8.06. The third kappa shape index (κ3) is 1.60. The average Bonchev–Trinajstić information content (AvgIpc) is 3.40. The van der Waals surface area contributed by atoms with Crippen molar-refractivity contribution in [3.05, 3.63) is 70.8 Å². The topological polar surface area (TPSA) is 0 Å². The zero-order chi connectivity index (χ0) is 16.4. The lowest BCUT2D eigenvalue weighted by Gasteiger charge is -2.53. The van der Waals surface area contributed by atoms with Gasteiger partial charge >= 0.3 is 0 Å². The van der Waals surface area contributed by atoms with Crippen molar-refractivity contribution in [1.82, 2.24) is 0 Å². The standard InChI is InChI=1S/C23H24N/c1-3-14-24(16-17-12-13-17)22-15-18-8-4-6-10-20(18)23(24,2)21-11-7-5-9-19(21)22/h1,4-11,17,22H,12-16H2,2H3/q+1/t22-,23+,24-/m1/s1.